The maximum absolute atomic E-state index is 12.9. The molecule has 17 heteroatoms. The number of methoxy groups -OCH3 is 1. The molecule has 17 nitrogen and oxygen atoms in total. The zero-order chi connectivity index (χ0) is 39.7. The molecule has 1 heterocycles. The average Bonchev–Trinajstić information content (AvgIpc) is 3.36. The lowest BCUT2D eigenvalue weighted by atomic mass is 9.44. The maximum atomic E-state index is 12.9. The smallest absolute Gasteiger partial charge is 0.339 e. The van der Waals surface area contributed by atoms with Crippen molar-refractivity contribution >= 4 is 41.6 Å². The van der Waals surface area contributed by atoms with Gasteiger partial charge in [0.25, 0.3) is 0 Å². The first-order valence-electron chi connectivity index (χ1n) is 18.7. The van der Waals surface area contributed by atoms with Crippen LogP contribution in [0.2, 0.25) is 0 Å². The minimum absolute atomic E-state index is 0.0506. The van der Waals surface area contributed by atoms with Crippen LogP contribution in [0.4, 0.5) is 4.79 Å². The summed E-state index contributed by atoms with van der Waals surface area (Å²) in [5, 5.41) is 16.5. The van der Waals surface area contributed by atoms with E-state index in [-0.39, 0.29) is 35.7 Å². The van der Waals surface area contributed by atoms with E-state index < -0.39 is 77.6 Å². The number of nitrogens with zero attached hydrogens (tertiary/aromatic N) is 1. The highest BCUT2D eigenvalue weighted by Crippen LogP contribution is 2.68. The van der Waals surface area contributed by atoms with Crippen LogP contribution in [0.3, 0.4) is 0 Å². The van der Waals surface area contributed by atoms with Crippen molar-refractivity contribution in [3.05, 3.63) is 0 Å². The summed E-state index contributed by atoms with van der Waals surface area (Å²) >= 11 is 0. The Bertz CT molecular complexity index is 1520. The molecule has 302 valence electrons. The second kappa shape index (κ2) is 16.1. The van der Waals surface area contributed by atoms with Gasteiger partial charge in [-0.05, 0) is 86.9 Å². The topological polar surface area (TPSA) is 238 Å². The zero-order valence-electron chi connectivity index (χ0n) is 32.1. The van der Waals surface area contributed by atoms with Crippen molar-refractivity contribution in [2.75, 3.05) is 13.7 Å². The molecule has 0 unspecified atom stereocenters. The lowest BCUT2D eigenvalue weighted by molar-refractivity contribution is -0.315. The number of carbonyl (C=O) groups is 6. The molecular formula is C37H55N3O14. The van der Waals surface area contributed by atoms with Crippen molar-refractivity contribution in [2.45, 2.75) is 142 Å². The summed E-state index contributed by atoms with van der Waals surface area (Å²) in [6.45, 7) is 8.86. The molecule has 0 radical (unpaired) electrons. The van der Waals surface area contributed by atoms with Crippen LogP contribution < -0.4 is 11.2 Å². The van der Waals surface area contributed by atoms with Crippen LogP contribution in [0.15, 0.2) is 5.10 Å². The summed E-state index contributed by atoms with van der Waals surface area (Å²) in [5.41, 5.74) is 5.64. The Hall–Kier alpha value is -3.83. The van der Waals surface area contributed by atoms with E-state index in [9.17, 15) is 33.9 Å². The minimum atomic E-state index is -1.53. The molecule has 0 aromatic rings. The predicted molar refractivity (Wildman–Crippen MR) is 186 cm³/mol. The van der Waals surface area contributed by atoms with Gasteiger partial charge < -0.3 is 44.0 Å². The van der Waals surface area contributed by atoms with Gasteiger partial charge in [-0.3, -0.25) is 19.2 Å². The quantitative estimate of drug-likeness (QED) is 0.0953. The molecule has 1 saturated heterocycles. The fourth-order valence-electron chi connectivity index (χ4n) is 10.7. The summed E-state index contributed by atoms with van der Waals surface area (Å²) in [5.74, 6) is -2.60. The van der Waals surface area contributed by atoms with Gasteiger partial charge in [-0.25, -0.2) is 15.0 Å². The van der Waals surface area contributed by atoms with Crippen LogP contribution in [0.5, 0.6) is 0 Å². The first kappa shape index (κ1) is 41.3. The van der Waals surface area contributed by atoms with Crippen LogP contribution >= 0.6 is 0 Å². The van der Waals surface area contributed by atoms with Gasteiger partial charge in [0, 0.05) is 33.1 Å². The molecule has 0 aromatic heterocycles. The second-order valence-electron chi connectivity index (χ2n) is 16.0. The van der Waals surface area contributed by atoms with Crippen molar-refractivity contribution in [1.82, 2.24) is 5.43 Å². The molecule has 0 bridgehead atoms. The number of amides is 2. The number of aliphatic hydroxyl groups is 1. The number of fused-ring (bicyclic) bond motifs is 5. The zero-order valence-corrected chi connectivity index (χ0v) is 32.1. The van der Waals surface area contributed by atoms with Crippen molar-refractivity contribution in [1.29, 1.82) is 0 Å². The highest BCUT2D eigenvalue weighted by atomic mass is 16.7. The summed E-state index contributed by atoms with van der Waals surface area (Å²) in [4.78, 5) is 72.8. The molecule has 5 aliphatic rings. The third kappa shape index (κ3) is 7.94. The number of primary amides is 1. The van der Waals surface area contributed by atoms with Gasteiger partial charge in [0.2, 0.25) is 0 Å². The largest absolute Gasteiger partial charge is 0.467 e. The van der Waals surface area contributed by atoms with Gasteiger partial charge in [0.15, 0.2) is 30.7 Å². The number of urea groups is 1. The van der Waals surface area contributed by atoms with E-state index in [4.69, 9.17) is 38.9 Å². The molecule has 2 amide bonds. The Balaban J connectivity index is 1.34. The van der Waals surface area contributed by atoms with E-state index in [1.54, 1.807) is 0 Å². The number of carbonyl (C=O) groups excluding carboxylic acids is 6. The third-order valence-corrected chi connectivity index (χ3v) is 13.1. The number of nitrogens with one attached hydrogen (secondary N) is 1. The number of nitrogens with two attached hydrogens (primary N) is 1. The third-order valence-electron chi connectivity index (χ3n) is 13.1. The molecule has 4 saturated carbocycles. The van der Waals surface area contributed by atoms with E-state index in [1.807, 2.05) is 0 Å². The highest BCUT2D eigenvalue weighted by molar-refractivity contribution is 5.96. The van der Waals surface area contributed by atoms with E-state index in [0.29, 0.717) is 37.5 Å². The molecule has 1 aliphatic heterocycles. The summed E-state index contributed by atoms with van der Waals surface area (Å²) < 4.78 is 39.2. The normalized spacial score (nSPS) is 40.1. The number of hydrogen-bond donors (Lipinski definition) is 3. The Morgan fingerprint density at radius 3 is 2.06 bits per heavy atom. The van der Waals surface area contributed by atoms with E-state index in [1.165, 1.54) is 13.8 Å². The van der Waals surface area contributed by atoms with E-state index in [2.05, 4.69) is 24.4 Å². The number of ether oxygens (including phenoxy) is 7. The fourth-order valence-corrected chi connectivity index (χ4v) is 10.7. The molecule has 4 N–H and O–H groups in total. The van der Waals surface area contributed by atoms with Crippen LogP contribution in [0.25, 0.3) is 0 Å². The first-order chi connectivity index (χ1) is 25.3. The number of esters is 5. The predicted octanol–water partition coefficient (Wildman–Crippen LogP) is 2.43. The first-order valence-corrected chi connectivity index (χ1v) is 18.7. The lowest BCUT2D eigenvalue weighted by Crippen LogP contribution is -2.64. The standard InChI is InChI=1S/C37H55N3O14/c1-18(41)49-17-27(39-40-34(38)46)37(47)15-12-26-24-9-8-22-16-23(10-13-35(22,5)25(24)11-14-36(26,37)6)53-33-31(52-21(4)44)29(51-20(3)43)28(50-19(2)42)30(54-33)32(45)48-7/h22-26,28-31,33,47H,8-17H2,1-7H3,(H3,38,40,46)/b39-27-/t22-,23-,24-,25+,26-,28+,29+,30-,31-,33-,35-,36+,37+/m1/s1. The van der Waals surface area contributed by atoms with Gasteiger partial charge in [-0.1, -0.05) is 13.8 Å². The summed E-state index contributed by atoms with van der Waals surface area (Å²) in [6.07, 6.45) is -0.889. The fraction of sp³-hybridized carbons (Fsp3) is 0.811. The maximum Gasteiger partial charge on any atom is 0.339 e. The van der Waals surface area contributed by atoms with Crippen LogP contribution in [0, 0.1) is 34.5 Å². The van der Waals surface area contributed by atoms with Crippen molar-refractivity contribution in [2.24, 2.45) is 45.3 Å². The Kier molecular flexibility index (Phi) is 12.3. The van der Waals surface area contributed by atoms with Gasteiger partial charge in [-0.2, -0.15) is 5.10 Å². The van der Waals surface area contributed by atoms with Crippen molar-refractivity contribution < 1.29 is 67.0 Å². The van der Waals surface area contributed by atoms with Crippen LogP contribution in [-0.4, -0.2) is 103 Å². The van der Waals surface area contributed by atoms with Crippen molar-refractivity contribution in [3.8, 4) is 0 Å². The number of hydrogen-bond acceptors (Lipinski definition) is 15. The highest BCUT2D eigenvalue weighted by Gasteiger charge is 2.66. The van der Waals surface area contributed by atoms with Gasteiger partial charge >= 0.3 is 35.9 Å². The van der Waals surface area contributed by atoms with E-state index in [0.717, 1.165) is 53.1 Å². The molecule has 5 fully saturated rings. The van der Waals surface area contributed by atoms with Gasteiger partial charge in [0.05, 0.1) is 13.2 Å². The molecule has 5 rings (SSSR count). The van der Waals surface area contributed by atoms with Gasteiger partial charge in [0.1, 0.15) is 17.9 Å². The SMILES string of the molecule is COC(=O)[C@@H]1O[C@@H](O[C@@H]2CC[C@]3(C)[C@H](CC[C@H]4[C@H]5CC[C@](O)(/C(COC(C)=O)=N\NC(N)=O)[C@@]5(C)CC[C@@H]43)C2)[C@H](OC(C)=O)[C@@H](OC(C)=O)[C@@H]1OC(C)=O. The van der Waals surface area contributed by atoms with Crippen LogP contribution in [0.1, 0.15) is 99.3 Å². The molecule has 54 heavy (non-hydrogen) atoms. The number of hydrazone groups is 1. The molecule has 13 atom stereocenters. The number of rotatable bonds is 10. The minimum Gasteiger partial charge on any atom is -0.467 e. The Morgan fingerprint density at radius 2 is 1.44 bits per heavy atom. The second-order valence-corrected chi connectivity index (χ2v) is 16.0. The summed E-state index contributed by atoms with van der Waals surface area (Å²) in [7, 11) is 1.14. The molecule has 4 aliphatic carbocycles. The van der Waals surface area contributed by atoms with Gasteiger partial charge in [-0.15, -0.1) is 0 Å². The Labute approximate surface area is 314 Å². The molecule has 0 spiro atoms. The van der Waals surface area contributed by atoms with Crippen LogP contribution in [-0.2, 0) is 57.1 Å². The Morgan fingerprint density at radius 1 is 0.815 bits per heavy atom. The van der Waals surface area contributed by atoms with Crippen molar-refractivity contribution in [3.63, 3.8) is 0 Å². The molecule has 0 aromatic carbocycles. The average molecular weight is 766 g/mol. The van der Waals surface area contributed by atoms with E-state index >= 15 is 0 Å². The monoisotopic (exact) mass is 765 g/mol. The summed E-state index contributed by atoms with van der Waals surface area (Å²) in [6, 6.07) is -0.885. The molecular weight excluding hydrogens is 710 g/mol. The lowest BCUT2D eigenvalue weighted by Gasteiger charge is -2.62.